The Morgan fingerprint density at radius 2 is 2.00 bits per heavy atom. The maximum atomic E-state index is 13.8. The van der Waals surface area contributed by atoms with Gasteiger partial charge in [0.15, 0.2) is 11.6 Å². The standard InChI is InChI=1S/C29H33NO7/c1-14(13-31)29(35)11-16(9-18-10-17(30)7-8-37-18)22-15(2)23-25(27(33)20(22)12-29)26(32)19-5-4-6-21(36-3)24(19)28(23)34/h4-6,16-18,31,33,35H,1,7-13,30H2,2-3H3. The van der Waals surface area contributed by atoms with E-state index in [2.05, 4.69) is 6.58 Å². The summed E-state index contributed by atoms with van der Waals surface area (Å²) in [6, 6.07) is 4.82. The number of benzene rings is 2. The summed E-state index contributed by atoms with van der Waals surface area (Å²) in [5.41, 5.74) is 7.11. The van der Waals surface area contributed by atoms with Crippen LogP contribution in [0.25, 0.3) is 0 Å². The summed E-state index contributed by atoms with van der Waals surface area (Å²) in [5.74, 6) is -1.19. The van der Waals surface area contributed by atoms with E-state index in [1.165, 1.54) is 7.11 Å². The topological polar surface area (TPSA) is 139 Å². The number of ketones is 2. The molecule has 1 heterocycles. The Morgan fingerprint density at radius 3 is 2.68 bits per heavy atom. The van der Waals surface area contributed by atoms with Crippen molar-refractivity contribution in [1.29, 1.82) is 0 Å². The molecule has 0 aromatic heterocycles. The fourth-order valence-corrected chi connectivity index (χ4v) is 6.45. The van der Waals surface area contributed by atoms with E-state index in [1.807, 2.05) is 0 Å². The van der Waals surface area contributed by atoms with Crippen LogP contribution in [0.15, 0.2) is 30.4 Å². The van der Waals surface area contributed by atoms with E-state index in [0.717, 1.165) is 12.0 Å². The smallest absolute Gasteiger partial charge is 0.198 e. The van der Waals surface area contributed by atoms with Crippen molar-refractivity contribution in [3.63, 3.8) is 0 Å². The zero-order valence-corrected chi connectivity index (χ0v) is 21.2. The van der Waals surface area contributed by atoms with Gasteiger partial charge in [-0.05, 0) is 61.3 Å². The zero-order chi connectivity index (χ0) is 26.6. The van der Waals surface area contributed by atoms with Gasteiger partial charge in [-0.3, -0.25) is 9.59 Å². The van der Waals surface area contributed by atoms with Crippen LogP contribution in [0, 0.1) is 6.92 Å². The number of aromatic hydroxyl groups is 1. The van der Waals surface area contributed by atoms with E-state index in [0.29, 0.717) is 36.3 Å². The van der Waals surface area contributed by atoms with Crippen LogP contribution < -0.4 is 10.5 Å². The van der Waals surface area contributed by atoms with Gasteiger partial charge in [-0.2, -0.15) is 0 Å². The molecule has 37 heavy (non-hydrogen) atoms. The van der Waals surface area contributed by atoms with Crippen LogP contribution in [0.4, 0.5) is 0 Å². The Morgan fingerprint density at radius 1 is 1.24 bits per heavy atom. The monoisotopic (exact) mass is 507 g/mol. The lowest BCUT2D eigenvalue weighted by molar-refractivity contribution is -0.0123. The summed E-state index contributed by atoms with van der Waals surface area (Å²) in [4.78, 5) is 27.5. The second kappa shape index (κ2) is 9.36. The Hall–Kier alpha value is -3.04. The molecule has 5 N–H and O–H groups in total. The normalized spacial score (nSPS) is 26.8. The summed E-state index contributed by atoms with van der Waals surface area (Å²) in [5, 5.41) is 33.0. The number of methoxy groups -OCH3 is 1. The van der Waals surface area contributed by atoms with Gasteiger partial charge in [0, 0.05) is 35.8 Å². The first-order chi connectivity index (χ1) is 17.6. The number of phenols is 1. The molecule has 8 heteroatoms. The maximum absolute atomic E-state index is 13.8. The third-order valence-electron chi connectivity index (χ3n) is 8.31. The SMILES string of the molecule is C=C(CO)C1(O)Cc2c(O)c3c(c(C)c2C(CC2CC(N)CCO2)C1)C(=O)c1c(OC)cccc1C3=O. The van der Waals surface area contributed by atoms with Gasteiger partial charge in [-0.25, -0.2) is 0 Å². The minimum absolute atomic E-state index is 0.00861. The predicted molar refractivity (Wildman–Crippen MR) is 137 cm³/mol. The van der Waals surface area contributed by atoms with Crippen LogP contribution in [-0.4, -0.2) is 65.0 Å². The van der Waals surface area contributed by atoms with Crippen molar-refractivity contribution in [2.75, 3.05) is 20.3 Å². The molecule has 2 aromatic carbocycles. The van der Waals surface area contributed by atoms with Gasteiger partial charge in [-0.1, -0.05) is 18.7 Å². The maximum Gasteiger partial charge on any atom is 0.198 e. The molecule has 0 spiro atoms. The Bertz CT molecular complexity index is 1320. The third-order valence-corrected chi connectivity index (χ3v) is 8.31. The van der Waals surface area contributed by atoms with Crippen LogP contribution in [0.2, 0.25) is 0 Å². The highest BCUT2D eigenvalue weighted by molar-refractivity contribution is 6.31. The number of carbonyl (C=O) groups excluding carboxylic acids is 2. The molecule has 0 amide bonds. The first kappa shape index (κ1) is 25.6. The predicted octanol–water partition coefficient (Wildman–Crippen LogP) is 2.69. The van der Waals surface area contributed by atoms with Gasteiger partial charge in [0.2, 0.25) is 0 Å². The number of rotatable bonds is 5. The van der Waals surface area contributed by atoms with Crippen LogP contribution in [0.1, 0.15) is 80.1 Å². The van der Waals surface area contributed by atoms with Gasteiger partial charge < -0.3 is 30.5 Å². The summed E-state index contributed by atoms with van der Waals surface area (Å²) < 4.78 is 11.4. The molecular weight excluding hydrogens is 474 g/mol. The minimum Gasteiger partial charge on any atom is -0.507 e. The summed E-state index contributed by atoms with van der Waals surface area (Å²) in [7, 11) is 1.44. The number of hydrogen-bond donors (Lipinski definition) is 4. The van der Waals surface area contributed by atoms with E-state index >= 15 is 0 Å². The van der Waals surface area contributed by atoms with E-state index in [-0.39, 0.29) is 70.3 Å². The molecule has 3 aliphatic rings. The van der Waals surface area contributed by atoms with Gasteiger partial charge in [-0.15, -0.1) is 0 Å². The second-order valence-electron chi connectivity index (χ2n) is 10.5. The molecular formula is C29H33NO7. The van der Waals surface area contributed by atoms with Crippen LogP contribution in [-0.2, 0) is 11.2 Å². The highest BCUT2D eigenvalue weighted by Crippen LogP contribution is 2.51. The lowest BCUT2D eigenvalue weighted by atomic mass is 9.65. The number of aliphatic hydroxyl groups is 2. The molecule has 5 rings (SSSR count). The Kier molecular flexibility index (Phi) is 6.48. The first-order valence-corrected chi connectivity index (χ1v) is 12.6. The fourth-order valence-electron chi connectivity index (χ4n) is 6.45. The van der Waals surface area contributed by atoms with Crippen LogP contribution >= 0.6 is 0 Å². The molecule has 1 aliphatic heterocycles. The first-order valence-electron chi connectivity index (χ1n) is 12.6. The molecule has 4 unspecified atom stereocenters. The number of phenolic OH excluding ortho intramolecular Hbond substituents is 1. The summed E-state index contributed by atoms with van der Waals surface area (Å²) >= 11 is 0. The fraction of sp³-hybridized carbons (Fsp3) is 0.448. The van der Waals surface area contributed by atoms with Crippen molar-refractivity contribution in [2.45, 2.75) is 62.7 Å². The molecule has 0 saturated carbocycles. The van der Waals surface area contributed by atoms with Crippen LogP contribution in [0.3, 0.4) is 0 Å². The summed E-state index contributed by atoms with van der Waals surface area (Å²) in [6.45, 7) is 5.79. The molecule has 4 atom stereocenters. The molecule has 0 radical (unpaired) electrons. The highest BCUT2D eigenvalue weighted by Gasteiger charge is 2.46. The number of ether oxygens (including phenoxy) is 2. The largest absolute Gasteiger partial charge is 0.507 e. The van der Waals surface area contributed by atoms with E-state index < -0.39 is 18.0 Å². The summed E-state index contributed by atoms with van der Waals surface area (Å²) in [6.07, 6.45) is 1.97. The van der Waals surface area contributed by atoms with Gasteiger partial charge >= 0.3 is 0 Å². The van der Waals surface area contributed by atoms with E-state index in [9.17, 15) is 24.9 Å². The number of hydrogen-bond acceptors (Lipinski definition) is 8. The number of nitrogens with two attached hydrogens (primary N) is 1. The van der Waals surface area contributed by atoms with E-state index in [4.69, 9.17) is 15.2 Å². The van der Waals surface area contributed by atoms with Crippen molar-refractivity contribution in [3.05, 3.63) is 69.3 Å². The number of fused-ring (bicyclic) bond motifs is 3. The minimum atomic E-state index is -1.50. The Labute approximate surface area is 215 Å². The van der Waals surface area contributed by atoms with E-state index in [1.54, 1.807) is 25.1 Å². The average Bonchev–Trinajstić information content (AvgIpc) is 2.88. The van der Waals surface area contributed by atoms with Crippen molar-refractivity contribution >= 4 is 11.6 Å². The van der Waals surface area contributed by atoms with Crippen LogP contribution in [0.5, 0.6) is 11.5 Å². The molecule has 1 fully saturated rings. The molecule has 0 bridgehead atoms. The third kappa shape index (κ3) is 3.99. The van der Waals surface area contributed by atoms with Crippen molar-refractivity contribution in [1.82, 2.24) is 0 Å². The van der Waals surface area contributed by atoms with Crippen molar-refractivity contribution in [2.24, 2.45) is 5.73 Å². The zero-order valence-electron chi connectivity index (χ0n) is 21.2. The van der Waals surface area contributed by atoms with Gasteiger partial charge in [0.1, 0.15) is 11.5 Å². The molecule has 1 saturated heterocycles. The highest BCUT2D eigenvalue weighted by atomic mass is 16.5. The van der Waals surface area contributed by atoms with Gasteiger partial charge in [0.05, 0.1) is 36.5 Å². The number of aliphatic hydroxyl groups excluding tert-OH is 1. The molecule has 2 aliphatic carbocycles. The molecule has 196 valence electrons. The lowest BCUT2D eigenvalue weighted by Crippen LogP contribution is -2.43. The second-order valence-corrected chi connectivity index (χ2v) is 10.5. The average molecular weight is 508 g/mol. The molecule has 8 nitrogen and oxygen atoms in total. The number of carbonyl (C=O) groups is 2. The van der Waals surface area contributed by atoms with Gasteiger partial charge in [0.25, 0.3) is 0 Å². The van der Waals surface area contributed by atoms with Crippen molar-refractivity contribution in [3.8, 4) is 11.5 Å². The lowest BCUT2D eigenvalue weighted by Gasteiger charge is -2.43. The van der Waals surface area contributed by atoms with Crippen molar-refractivity contribution < 1.29 is 34.4 Å². The Balaban J connectivity index is 1.71. The molecule has 2 aromatic rings. The quantitative estimate of drug-likeness (QED) is 0.387.